The third-order valence-electron chi connectivity index (χ3n) is 7.42. The van der Waals surface area contributed by atoms with Crippen molar-refractivity contribution in [3.05, 3.63) is 64.2 Å². The minimum atomic E-state index is -3.55. The first-order chi connectivity index (χ1) is 18.5. The number of anilines is 1. The molecule has 0 bridgehead atoms. The Hall–Kier alpha value is -2.58. The normalized spacial score (nSPS) is 15.0. The molecule has 3 rings (SSSR count). The maximum absolute atomic E-state index is 13.7. The molecule has 39 heavy (non-hydrogen) atoms. The van der Waals surface area contributed by atoms with Gasteiger partial charge in [-0.15, -0.1) is 0 Å². The molecule has 0 spiro atoms. The highest BCUT2D eigenvalue weighted by Gasteiger charge is 2.31. The van der Waals surface area contributed by atoms with Crippen molar-refractivity contribution in [2.24, 2.45) is 0 Å². The van der Waals surface area contributed by atoms with Crippen LogP contribution in [0.5, 0.6) is 0 Å². The molecule has 0 radical (unpaired) electrons. The minimum absolute atomic E-state index is 0.106. The van der Waals surface area contributed by atoms with E-state index in [1.807, 2.05) is 57.2 Å². The molecule has 1 aliphatic carbocycles. The van der Waals surface area contributed by atoms with E-state index in [2.05, 4.69) is 5.32 Å². The summed E-state index contributed by atoms with van der Waals surface area (Å²) in [6.45, 7) is 6.08. The Morgan fingerprint density at radius 2 is 1.77 bits per heavy atom. The van der Waals surface area contributed by atoms with Crippen LogP contribution in [0.15, 0.2) is 42.5 Å². The van der Waals surface area contributed by atoms with Gasteiger partial charge in [-0.1, -0.05) is 68.1 Å². The summed E-state index contributed by atoms with van der Waals surface area (Å²) >= 11 is 6.44. The van der Waals surface area contributed by atoms with Gasteiger partial charge in [-0.2, -0.15) is 0 Å². The fourth-order valence-electron chi connectivity index (χ4n) is 5.24. The molecule has 2 amide bonds. The Morgan fingerprint density at radius 1 is 1.08 bits per heavy atom. The molecule has 1 fully saturated rings. The van der Waals surface area contributed by atoms with Crippen molar-refractivity contribution < 1.29 is 18.0 Å². The highest BCUT2D eigenvalue weighted by Crippen LogP contribution is 2.26. The number of rotatable bonds is 12. The lowest BCUT2D eigenvalue weighted by Gasteiger charge is -2.33. The van der Waals surface area contributed by atoms with Gasteiger partial charge in [-0.25, -0.2) is 8.42 Å². The monoisotopic (exact) mass is 575 g/mol. The highest BCUT2D eigenvalue weighted by molar-refractivity contribution is 7.92. The molecule has 2 aromatic carbocycles. The minimum Gasteiger partial charge on any atom is -0.352 e. The Labute approximate surface area is 239 Å². The van der Waals surface area contributed by atoms with Gasteiger partial charge in [0.25, 0.3) is 0 Å². The van der Waals surface area contributed by atoms with Crippen molar-refractivity contribution in [3.63, 3.8) is 0 Å². The first-order valence-electron chi connectivity index (χ1n) is 13.9. The number of benzene rings is 2. The van der Waals surface area contributed by atoms with Crippen LogP contribution in [0.4, 0.5) is 5.69 Å². The second-order valence-corrected chi connectivity index (χ2v) is 12.9. The Kier molecular flexibility index (Phi) is 11.2. The van der Waals surface area contributed by atoms with Crippen LogP contribution in [0, 0.1) is 13.8 Å². The predicted octanol–water partition coefficient (Wildman–Crippen LogP) is 5.76. The number of halogens is 1. The number of amides is 2. The molecule has 2 aromatic rings. The van der Waals surface area contributed by atoms with Gasteiger partial charge in [0.1, 0.15) is 6.04 Å². The van der Waals surface area contributed by atoms with Crippen molar-refractivity contribution in [1.29, 1.82) is 0 Å². The number of hydrogen-bond acceptors (Lipinski definition) is 4. The fourth-order valence-corrected chi connectivity index (χ4v) is 6.45. The van der Waals surface area contributed by atoms with E-state index in [4.69, 9.17) is 11.6 Å². The summed E-state index contributed by atoms with van der Waals surface area (Å²) in [6, 6.07) is 12.5. The SMILES string of the molecule is CCC(C(=O)NC1CCCCC1)N(Cc1ccccc1Cl)C(=O)CCCN(c1cc(C)ccc1C)S(C)(=O)=O. The molecular formula is C30H42ClN3O4S. The van der Waals surface area contributed by atoms with E-state index in [9.17, 15) is 18.0 Å². The number of sulfonamides is 1. The van der Waals surface area contributed by atoms with E-state index >= 15 is 0 Å². The van der Waals surface area contributed by atoms with Gasteiger partial charge in [0.05, 0.1) is 11.9 Å². The van der Waals surface area contributed by atoms with E-state index in [1.165, 1.54) is 17.0 Å². The molecule has 0 aliphatic heterocycles. The number of carbonyl (C=O) groups excluding carboxylic acids is 2. The van der Waals surface area contributed by atoms with Crippen molar-refractivity contribution in [1.82, 2.24) is 10.2 Å². The first-order valence-corrected chi connectivity index (χ1v) is 16.1. The van der Waals surface area contributed by atoms with Crippen molar-refractivity contribution >= 4 is 39.1 Å². The molecule has 0 aromatic heterocycles. The molecule has 1 atom stereocenters. The second-order valence-electron chi connectivity index (χ2n) is 10.6. The molecule has 7 nitrogen and oxygen atoms in total. The van der Waals surface area contributed by atoms with Crippen molar-refractivity contribution in [2.75, 3.05) is 17.1 Å². The average Bonchev–Trinajstić information content (AvgIpc) is 2.89. The van der Waals surface area contributed by atoms with E-state index < -0.39 is 16.1 Å². The van der Waals surface area contributed by atoms with Gasteiger partial charge in [0, 0.05) is 30.6 Å². The molecule has 1 aliphatic rings. The van der Waals surface area contributed by atoms with Crippen LogP contribution in [0.25, 0.3) is 0 Å². The average molecular weight is 576 g/mol. The lowest BCUT2D eigenvalue weighted by molar-refractivity contribution is -0.141. The fraction of sp³-hybridized carbons (Fsp3) is 0.533. The standard InChI is InChI=1S/C30H42ClN3O4S/c1-5-27(30(36)32-25-13-7-6-8-14-25)33(21-24-12-9-10-15-26(24)31)29(35)16-11-19-34(39(4,37)38)28-20-22(2)17-18-23(28)3/h9-10,12,15,17-18,20,25,27H,5-8,11,13-14,16,19,21H2,1-4H3,(H,32,36). The Morgan fingerprint density at radius 3 is 2.41 bits per heavy atom. The van der Waals surface area contributed by atoms with Gasteiger partial charge in [0.15, 0.2) is 0 Å². The lowest BCUT2D eigenvalue weighted by Crippen LogP contribution is -2.51. The molecule has 214 valence electrons. The summed E-state index contributed by atoms with van der Waals surface area (Å²) in [7, 11) is -3.55. The number of aryl methyl sites for hydroxylation is 2. The summed E-state index contributed by atoms with van der Waals surface area (Å²) < 4.78 is 26.7. The van der Waals surface area contributed by atoms with Gasteiger partial charge in [-0.3, -0.25) is 13.9 Å². The summed E-state index contributed by atoms with van der Waals surface area (Å²) in [5, 5.41) is 3.72. The van der Waals surface area contributed by atoms with E-state index in [-0.39, 0.29) is 37.4 Å². The van der Waals surface area contributed by atoms with E-state index in [1.54, 1.807) is 11.0 Å². The van der Waals surface area contributed by atoms with Crippen LogP contribution in [-0.4, -0.2) is 50.0 Å². The zero-order chi connectivity index (χ0) is 28.6. The second kappa shape index (κ2) is 14.2. The smallest absolute Gasteiger partial charge is 0.243 e. The zero-order valence-corrected chi connectivity index (χ0v) is 25.2. The molecule has 1 N–H and O–H groups in total. The largest absolute Gasteiger partial charge is 0.352 e. The van der Waals surface area contributed by atoms with Crippen LogP contribution in [-0.2, 0) is 26.2 Å². The van der Waals surface area contributed by atoms with Gasteiger partial charge >= 0.3 is 0 Å². The number of nitrogens with zero attached hydrogens (tertiary/aromatic N) is 2. The quantitative estimate of drug-likeness (QED) is 0.349. The maximum Gasteiger partial charge on any atom is 0.243 e. The van der Waals surface area contributed by atoms with Crippen molar-refractivity contribution in [2.45, 2.75) is 90.8 Å². The molecule has 1 unspecified atom stereocenters. The lowest BCUT2D eigenvalue weighted by atomic mass is 9.95. The third kappa shape index (κ3) is 8.70. The zero-order valence-electron chi connectivity index (χ0n) is 23.6. The van der Waals surface area contributed by atoms with Crippen LogP contribution in [0.1, 0.15) is 75.0 Å². The van der Waals surface area contributed by atoms with Crippen LogP contribution < -0.4 is 9.62 Å². The summed E-state index contributed by atoms with van der Waals surface area (Å²) in [6.07, 6.45) is 7.37. The van der Waals surface area contributed by atoms with E-state index in [0.717, 1.165) is 42.4 Å². The predicted molar refractivity (Wildman–Crippen MR) is 158 cm³/mol. The van der Waals surface area contributed by atoms with E-state index in [0.29, 0.717) is 23.6 Å². The topological polar surface area (TPSA) is 86.8 Å². The summed E-state index contributed by atoms with van der Waals surface area (Å²) in [4.78, 5) is 28.7. The Bertz CT molecular complexity index is 1240. The number of carbonyl (C=O) groups is 2. The highest BCUT2D eigenvalue weighted by atomic mass is 35.5. The molecule has 0 heterocycles. The molecule has 9 heteroatoms. The summed E-state index contributed by atoms with van der Waals surface area (Å²) in [5.74, 6) is -0.340. The summed E-state index contributed by atoms with van der Waals surface area (Å²) in [5.41, 5.74) is 3.20. The third-order valence-corrected chi connectivity index (χ3v) is 8.97. The maximum atomic E-state index is 13.7. The van der Waals surface area contributed by atoms with Gasteiger partial charge in [0.2, 0.25) is 21.8 Å². The Balaban J connectivity index is 1.79. The van der Waals surface area contributed by atoms with Crippen LogP contribution in [0.2, 0.25) is 5.02 Å². The first kappa shape index (κ1) is 31.0. The molecular weight excluding hydrogens is 534 g/mol. The van der Waals surface area contributed by atoms with Crippen LogP contribution >= 0.6 is 11.6 Å². The van der Waals surface area contributed by atoms with Gasteiger partial charge < -0.3 is 10.2 Å². The van der Waals surface area contributed by atoms with Crippen LogP contribution in [0.3, 0.4) is 0 Å². The van der Waals surface area contributed by atoms with Gasteiger partial charge in [-0.05, 0) is 68.4 Å². The molecule has 0 saturated heterocycles. The molecule has 1 saturated carbocycles. The number of nitrogens with one attached hydrogen (secondary N) is 1. The number of hydrogen-bond donors (Lipinski definition) is 1. The van der Waals surface area contributed by atoms with Crippen molar-refractivity contribution in [3.8, 4) is 0 Å².